The maximum Gasteiger partial charge on any atom is 0.235 e. The molecular formula is C14H28N2OS. The van der Waals surface area contributed by atoms with Crippen LogP contribution < -0.4 is 5.73 Å². The van der Waals surface area contributed by atoms with Gasteiger partial charge in [0, 0.05) is 12.6 Å². The van der Waals surface area contributed by atoms with Gasteiger partial charge in [0.1, 0.15) is 0 Å². The highest BCUT2D eigenvalue weighted by atomic mass is 32.1. The summed E-state index contributed by atoms with van der Waals surface area (Å²) in [5.41, 5.74) is 5.28. The molecule has 0 fully saturated rings. The van der Waals surface area contributed by atoms with Crippen LogP contribution in [0.25, 0.3) is 0 Å². The first-order valence-corrected chi connectivity index (χ1v) is 7.39. The summed E-state index contributed by atoms with van der Waals surface area (Å²) in [6, 6.07) is 0.185. The summed E-state index contributed by atoms with van der Waals surface area (Å²) >= 11 is 5.22. The number of thiocarbonyl (C=S) groups is 1. The van der Waals surface area contributed by atoms with Crippen LogP contribution in [-0.4, -0.2) is 28.4 Å². The van der Waals surface area contributed by atoms with Crippen molar-refractivity contribution in [2.75, 3.05) is 6.54 Å². The standard InChI is InChI=1S/C14H28N2OS/c1-6-9-14(10-7-2,12(15)18)13(17)16(8-3)11(4)5/h11H,6-10H2,1-5H3,(H2,15,18). The van der Waals surface area contributed by atoms with E-state index in [2.05, 4.69) is 13.8 Å². The van der Waals surface area contributed by atoms with Gasteiger partial charge in [-0.1, -0.05) is 38.9 Å². The van der Waals surface area contributed by atoms with Crippen molar-refractivity contribution in [3.63, 3.8) is 0 Å². The quantitative estimate of drug-likeness (QED) is 0.691. The highest BCUT2D eigenvalue weighted by Gasteiger charge is 2.42. The number of carbonyl (C=O) groups is 1. The summed E-state index contributed by atoms with van der Waals surface area (Å²) in [5.74, 6) is 0.108. The van der Waals surface area contributed by atoms with Crippen LogP contribution in [0.5, 0.6) is 0 Å². The van der Waals surface area contributed by atoms with Crippen LogP contribution in [0.3, 0.4) is 0 Å². The highest BCUT2D eigenvalue weighted by Crippen LogP contribution is 2.33. The second kappa shape index (κ2) is 7.72. The number of nitrogens with two attached hydrogens (primary N) is 1. The molecule has 0 saturated carbocycles. The Morgan fingerprint density at radius 2 is 1.67 bits per heavy atom. The third-order valence-corrected chi connectivity index (χ3v) is 3.85. The summed E-state index contributed by atoms with van der Waals surface area (Å²) in [6.45, 7) is 10.9. The minimum atomic E-state index is -0.640. The Labute approximate surface area is 117 Å². The maximum atomic E-state index is 12.8. The average molecular weight is 272 g/mol. The van der Waals surface area contributed by atoms with Crippen molar-refractivity contribution in [3.8, 4) is 0 Å². The molecular weight excluding hydrogens is 244 g/mol. The lowest BCUT2D eigenvalue weighted by molar-refractivity contribution is -0.140. The Kier molecular flexibility index (Phi) is 7.45. The van der Waals surface area contributed by atoms with Crippen molar-refractivity contribution in [1.29, 1.82) is 0 Å². The smallest absolute Gasteiger partial charge is 0.235 e. The van der Waals surface area contributed by atoms with E-state index in [4.69, 9.17) is 18.0 Å². The van der Waals surface area contributed by atoms with E-state index in [1.807, 2.05) is 25.7 Å². The van der Waals surface area contributed by atoms with Crippen LogP contribution in [-0.2, 0) is 4.79 Å². The van der Waals surface area contributed by atoms with Gasteiger partial charge in [-0.3, -0.25) is 4.79 Å². The topological polar surface area (TPSA) is 46.3 Å². The molecule has 0 heterocycles. The fourth-order valence-electron chi connectivity index (χ4n) is 2.56. The summed E-state index contributed by atoms with van der Waals surface area (Å²) in [6.07, 6.45) is 3.33. The molecule has 0 aromatic rings. The highest BCUT2D eigenvalue weighted by molar-refractivity contribution is 7.80. The molecule has 0 aliphatic carbocycles. The molecule has 0 saturated heterocycles. The van der Waals surface area contributed by atoms with Crippen LogP contribution in [0.15, 0.2) is 0 Å². The first-order chi connectivity index (χ1) is 8.37. The largest absolute Gasteiger partial charge is 0.392 e. The summed E-state index contributed by atoms with van der Waals surface area (Å²) < 4.78 is 0. The molecule has 0 rings (SSSR count). The normalized spacial score (nSPS) is 11.7. The van der Waals surface area contributed by atoms with Gasteiger partial charge < -0.3 is 10.6 Å². The fraction of sp³-hybridized carbons (Fsp3) is 0.857. The molecule has 0 radical (unpaired) electrons. The molecule has 0 aliphatic heterocycles. The van der Waals surface area contributed by atoms with Crippen molar-refractivity contribution in [1.82, 2.24) is 4.90 Å². The van der Waals surface area contributed by atoms with Gasteiger partial charge in [-0.15, -0.1) is 0 Å². The van der Waals surface area contributed by atoms with Crippen molar-refractivity contribution < 1.29 is 4.79 Å². The van der Waals surface area contributed by atoms with Gasteiger partial charge in [-0.2, -0.15) is 0 Å². The molecule has 0 aromatic carbocycles. The molecule has 106 valence electrons. The van der Waals surface area contributed by atoms with Crippen molar-refractivity contribution in [2.45, 2.75) is 66.3 Å². The van der Waals surface area contributed by atoms with Gasteiger partial charge in [-0.05, 0) is 33.6 Å². The molecule has 18 heavy (non-hydrogen) atoms. The van der Waals surface area contributed by atoms with E-state index in [1.54, 1.807) is 0 Å². The zero-order valence-corrected chi connectivity index (χ0v) is 13.3. The molecule has 1 amide bonds. The molecule has 2 N–H and O–H groups in total. The van der Waals surface area contributed by atoms with Gasteiger partial charge in [0.2, 0.25) is 5.91 Å². The monoisotopic (exact) mass is 272 g/mol. The predicted octanol–water partition coefficient (Wildman–Crippen LogP) is 3.12. The Bertz CT molecular complexity index is 284. The Hall–Kier alpha value is -0.640. The summed E-state index contributed by atoms with van der Waals surface area (Å²) in [5, 5.41) is 0. The van der Waals surface area contributed by atoms with Crippen LogP contribution in [0.2, 0.25) is 0 Å². The summed E-state index contributed by atoms with van der Waals surface area (Å²) in [4.78, 5) is 15.1. The molecule has 3 nitrogen and oxygen atoms in total. The van der Waals surface area contributed by atoms with Crippen molar-refractivity contribution in [2.24, 2.45) is 11.1 Å². The number of nitrogens with zero attached hydrogens (tertiary/aromatic N) is 1. The van der Waals surface area contributed by atoms with E-state index in [9.17, 15) is 4.79 Å². The first-order valence-electron chi connectivity index (χ1n) is 6.98. The van der Waals surface area contributed by atoms with Crippen molar-refractivity contribution in [3.05, 3.63) is 0 Å². The second-order valence-electron chi connectivity index (χ2n) is 5.13. The zero-order valence-electron chi connectivity index (χ0n) is 12.5. The summed E-state index contributed by atoms with van der Waals surface area (Å²) in [7, 11) is 0. The van der Waals surface area contributed by atoms with E-state index >= 15 is 0 Å². The molecule has 0 aromatic heterocycles. The molecule has 0 unspecified atom stereocenters. The number of amides is 1. The van der Waals surface area contributed by atoms with Gasteiger partial charge in [0.25, 0.3) is 0 Å². The van der Waals surface area contributed by atoms with E-state index in [0.29, 0.717) is 11.5 Å². The minimum Gasteiger partial charge on any atom is -0.392 e. The van der Waals surface area contributed by atoms with Crippen LogP contribution >= 0.6 is 12.2 Å². The van der Waals surface area contributed by atoms with E-state index in [1.165, 1.54) is 0 Å². The van der Waals surface area contributed by atoms with Crippen LogP contribution in [0.1, 0.15) is 60.3 Å². The lowest BCUT2D eigenvalue weighted by Gasteiger charge is -2.38. The Morgan fingerprint density at radius 1 is 1.22 bits per heavy atom. The number of carbonyl (C=O) groups excluding carboxylic acids is 1. The molecule has 0 bridgehead atoms. The molecule has 0 aliphatic rings. The average Bonchev–Trinajstić information content (AvgIpc) is 2.28. The van der Waals surface area contributed by atoms with Gasteiger partial charge in [0.05, 0.1) is 10.4 Å². The zero-order chi connectivity index (χ0) is 14.3. The van der Waals surface area contributed by atoms with E-state index in [-0.39, 0.29) is 11.9 Å². The lowest BCUT2D eigenvalue weighted by atomic mass is 9.77. The van der Waals surface area contributed by atoms with E-state index < -0.39 is 5.41 Å². The fourth-order valence-corrected chi connectivity index (χ4v) is 2.85. The van der Waals surface area contributed by atoms with Crippen molar-refractivity contribution >= 4 is 23.1 Å². The molecule has 0 spiro atoms. The maximum absolute atomic E-state index is 12.8. The van der Waals surface area contributed by atoms with E-state index in [0.717, 1.165) is 25.7 Å². The Morgan fingerprint density at radius 3 is 1.89 bits per heavy atom. The Balaban J connectivity index is 5.39. The van der Waals surface area contributed by atoms with Gasteiger partial charge in [-0.25, -0.2) is 0 Å². The third-order valence-electron chi connectivity index (χ3n) is 3.46. The first kappa shape index (κ1) is 17.4. The lowest BCUT2D eigenvalue weighted by Crippen LogP contribution is -2.52. The predicted molar refractivity (Wildman–Crippen MR) is 81.6 cm³/mol. The number of hydrogen-bond donors (Lipinski definition) is 1. The number of rotatable bonds is 8. The SMILES string of the molecule is CCCC(CCC)(C(=O)N(CC)C(C)C)C(N)=S. The van der Waals surface area contributed by atoms with Crippen LogP contribution in [0, 0.1) is 5.41 Å². The van der Waals surface area contributed by atoms with Gasteiger partial charge in [0.15, 0.2) is 0 Å². The third kappa shape index (κ3) is 3.67. The second-order valence-corrected chi connectivity index (χ2v) is 5.57. The number of hydrogen-bond acceptors (Lipinski definition) is 2. The van der Waals surface area contributed by atoms with Gasteiger partial charge >= 0.3 is 0 Å². The van der Waals surface area contributed by atoms with Crippen LogP contribution in [0.4, 0.5) is 0 Å². The molecule has 0 atom stereocenters. The minimum absolute atomic E-state index is 0.108. The molecule has 4 heteroatoms.